The molecule has 0 unspecified atom stereocenters. The molecule has 2 amide bonds. The molecule has 3 rings (SSSR count). The topological polar surface area (TPSA) is 144 Å². The molecule has 1 fully saturated rings. The van der Waals surface area contributed by atoms with Crippen LogP contribution in [0.1, 0.15) is 18.4 Å². The molecular formula is C24H28ClN3O8S. The van der Waals surface area contributed by atoms with E-state index in [-0.39, 0.29) is 34.7 Å². The normalized spacial score (nSPS) is 14.7. The van der Waals surface area contributed by atoms with Crippen molar-refractivity contribution in [3.8, 4) is 16.9 Å². The van der Waals surface area contributed by atoms with Crippen molar-refractivity contribution in [3.63, 3.8) is 0 Å². The number of amides is 2. The second-order valence-corrected chi connectivity index (χ2v) is 10.2. The van der Waals surface area contributed by atoms with Crippen molar-refractivity contribution >= 4 is 39.9 Å². The molecule has 1 saturated heterocycles. The predicted octanol–water partition coefficient (Wildman–Crippen LogP) is 4.13. The number of rotatable bonds is 5. The van der Waals surface area contributed by atoms with Crippen LogP contribution in [0.4, 0.5) is 9.59 Å². The van der Waals surface area contributed by atoms with Crippen LogP contribution in [0.2, 0.25) is 5.02 Å². The highest BCUT2D eigenvalue weighted by Gasteiger charge is 2.27. The Morgan fingerprint density at radius 3 is 2.43 bits per heavy atom. The number of benzene rings is 2. The summed E-state index contributed by atoms with van der Waals surface area (Å²) < 4.78 is 49.6. The van der Waals surface area contributed by atoms with Gasteiger partial charge in [-0.25, -0.2) is 9.59 Å². The quantitative estimate of drug-likeness (QED) is 0.317. The van der Waals surface area contributed by atoms with Crippen LogP contribution in [0, 0.1) is 12.8 Å². The maximum atomic E-state index is 12.2. The lowest BCUT2D eigenvalue weighted by molar-refractivity contribution is 0.166. The molecule has 11 nitrogen and oxygen atoms in total. The van der Waals surface area contributed by atoms with E-state index in [2.05, 4.69) is 19.8 Å². The van der Waals surface area contributed by atoms with Crippen LogP contribution in [-0.4, -0.2) is 69.9 Å². The number of ether oxygens (including phenoxy) is 3. The van der Waals surface area contributed by atoms with E-state index < -0.39 is 22.3 Å². The second-order valence-electron chi connectivity index (χ2n) is 8.35. The Hall–Kier alpha value is -3.35. The molecule has 2 N–H and O–H groups in total. The summed E-state index contributed by atoms with van der Waals surface area (Å²) in [4.78, 5) is 28.5. The summed E-state index contributed by atoms with van der Waals surface area (Å²) in [7, 11) is -2.19. The van der Waals surface area contributed by atoms with E-state index >= 15 is 0 Å². The molecule has 13 heteroatoms. The number of aliphatic imine (C=N–C) groups is 1. The molecule has 1 heterocycles. The number of hydrogen-bond acceptors (Lipinski definition) is 7. The molecule has 0 spiro atoms. The Morgan fingerprint density at radius 1 is 1.16 bits per heavy atom. The number of carbonyl (C=O) groups is 2. The smallest absolute Gasteiger partial charge is 0.436 e. The van der Waals surface area contributed by atoms with E-state index in [4.69, 9.17) is 16.3 Å². The number of carbonyl (C=O) groups excluding carboxylic acids is 2. The van der Waals surface area contributed by atoms with Gasteiger partial charge >= 0.3 is 12.2 Å². The first-order chi connectivity index (χ1) is 17.5. The fourth-order valence-electron chi connectivity index (χ4n) is 3.94. The predicted molar refractivity (Wildman–Crippen MR) is 137 cm³/mol. The number of hydrogen-bond donors (Lipinski definition) is 2. The van der Waals surface area contributed by atoms with Crippen LogP contribution in [0.25, 0.3) is 11.1 Å². The van der Waals surface area contributed by atoms with Crippen LogP contribution < -0.4 is 10.1 Å². The second kappa shape index (κ2) is 12.3. The number of guanidine groups is 1. The summed E-state index contributed by atoms with van der Waals surface area (Å²) in [6, 6.07) is 9.78. The number of piperidine rings is 1. The third kappa shape index (κ3) is 7.34. The van der Waals surface area contributed by atoms with E-state index in [9.17, 15) is 22.6 Å². The standard InChI is InChI=1S/C24H28ClN3O8S/c1-15-12-19(21(20(13-15)37(31,32)33)17-6-4-5-7-18(17)25)36-14-16-8-10-28(11-9-16)22(26-23(29)34-2)27-24(30)35-3/h4-7,12-13,16H,8-11,14H2,1-3H3,(H,31,32,33)(H,26,27,29,30). The molecule has 200 valence electrons. The molecule has 0 aliphatic carbocycles. The minimum atomic E-state index is -4.57. The molecule has 0 aromatic heterocycles. The van der Waals surface area contributed by atoms with Crippen molar-refractivity contribution < 1.29 is 36.8 Å². The fourth-order valence-corrected chi connectivity index (χ4v) is 4.97. The molecule has 2 aromatic carbocycles. The molecule has 1 aliphatic heterocycles. The van der Waals surface area contributed by atoms with Crippen molar-refractivity contribution in [1.29, 1.82) is 0 Å². The van der Waals surface area contributed by atoms with E-state index in [1.54, 1.807) is 42.2 Å². The first-order valence-corrected chi connectivity index (χ1v) is 13.1. The van der Waals surface area contributed by atoms with Crippen molar-refractivity contribution in [2.24, 2.45) is 10.9 Å². The summed E-state index contributed by atoms with van der Waals surface area (Å²) in [5.41, 5.74) is 1.19. The van der Waals surface area contributed by atoms with Crippen molar-refractivity contribution in [1.82, 2.24) is 10.2 Å². The lowest BCUT2D eigenvalue weighted by Gasteiger charge is -2.33. The van der Waals surface area contributed by atoms with Gasteiger partial charge in [0.05, 0.1) is 20.8 Å². The van der Waals surface area contributed by atoms with Gasteiger partial charge in [0, 0.05) is 29.2 Å². The Labute approximate surface area is 220 Å². The highest BCUT2D eigenvalue weighted by molar-refractivity contribution is 7.86. The molecule has 0 saturated carbocycles. The molecule has 37 heavy (non-hydrogen) atoms. The third-order valence-corrected chi connectivity index (χ3v) is 7.00. The molecule has 2 aromatic rings. The monoisotopic (exact) mass is 553 g/mol. The number of alkyl carbamates (subject to hydrolysis) is 1. The number of methoxy groups -OCH3 is 2. The highest BCUT2D eigenvalue weighted by Crippen LogP contribution is 2.41. The fraction of sp³-hybridized carbons (Fsp3) is 0.375. The maximum absolute atomic E-state index is 12.2. The van der Waals surface area contributed by atoms with Gasteiger partial charge in [-0.2, -0.15) is 8.42 Å². The van der Waals surface area contributed by atoms with Gasteiger partial charge in [0.1, 0.15) is 10.6 Å². The first-order valence-electron chi connectivity index (χ1n) is 11.3. The van der Waals surface area contributed by atoms with Gasteiger partial charge in [0.2, 0.25) is 5.96 Å². The van der Waals surface area contributed by atoms with E-state index in [0.717, 1.165) is 0 Å². The third-order valence-electron chi connectivity index (χ3n) is 5.79. The van der Waals surface area contributed by atoms with Crippen LogP contribution in [0.3, 0.4) is 0 Å². The Bertz CT molecular complexity index is 1290. The van der Waals surface area contributed by atoms with Crippen LogP contribution >= 0.6 is 11.6 Å². The lowest BCUT2D eigenvalue weighted by Crippen LogP contribution is -2.48. The summed E-state index contributed by atoms with van der Waals surface area (Å²) in [5, 5.41) is 2.73. The van der Waals surface area contributed by atoms with Crippen LogP contribution in [0.15, 0.2) is 46.3 Å². The maximum Gasteiger partial charge on any atom is 0.436 e. The minimum absolute atomic E-state index is 0.0237. The zero-order chi connectivity index (χ0) is 27.2. The van der Waals surface area contributed by atoms with Gasteiger partial charge < -0.3 is 19.1 Å². The van der Waals surface area contributed by atoms with Gasteiger partial charge in [0.15, 0.2) is 0 Å². The van der Waals surface area contributed by atoms with E-state index in [0.29, 0.717) is 42.1 Å². The average molecular weight is 554 g/mol. The number of aryl methyl sites for hydroxylation is 1. The summed E-state index contributed by atoms with van der Waals surface area (Å²) in [5.74, 6) is 0.376. The van der Waals surface area contributed by atoms with Crippen molar-refractivity contribution in [2.45, 2.75) is 24.7 Å². The molecule has 1 aliphatic rings. The highest BCUT2D eigenvalue weighted by atomic mass is 35.5. The number of nitrogens with zero attached hydrogens (tertiary/aromatic N) is 2. The SMILES string of the molecule is COC(=O)/N=C(\NC(=O)OC)N1CCC(COc2cc(C)cc(S(=O)(=O)O)c2-c2ccccc2Cl)CC1. The summed E-state index contributed by atoms with van der Waals surface area (Å²) in [6.45, 7) is 2.87. The van der Waals surface area contributed by atoms with Gasteiger partial charge in [0.25, 0.3) is 10.1 Å². The van der Waals surface area contributed by atoms with Crippen molar-refractivity contribution in [2.75, 3.05) is 33.9 Å². The summed E-state index contributed by atoms with van der Waals surface area (Å²) in [6.07, 6.45) is -0.379. The van der Waals surface area contributed by atoms with Crippen LogP contribution in [-0.2, 0) is 19.6 Å². The Kier molecular flexibility index (Phi) is 9.35. The Balaban J connectivity index is 1.79. The number of halogens is 1. The minimum Gasteiger partial charge on any atom is -0.493 e. The molecule has 0 atom stereocenters. The van der Waals surface area contributed by atoms with Gasteiger partial charge in [-0.1, -0.05) is 29.8 Å². The van der Waals surface area contributed by atoms with E-state index in [1.165, 1.54) is 20.3 Å². The molecular weight excluding hydrogens is 526 g/mol. The molecule has 0 radical (unpaired) electrons. The number of nitrogens with one attached hydrogen (secondary N) is 1. The summed E-state index contributed by atoms with van der Waals surface area (Å²) >= 11 is 6.36. The van der Waals surface area contributed by atoms with Crippen molar-refractivity contribution in [3.05, 3.63) is 47.0 Å². The van der Waals surface area contributed by atoms with Gasteiger partial charge in [-0.3, -0.25) is 9.87 Å². The Morgan fingerprint density at radius 2 is 1.84 bits per heavy atom. The van der Waals surface area contributed by atoms with E-state index in [1.807, 2.05) is 0 Å². The van der Waals surface area contributed by atoms with Crippen LogP contribution in [0.5, 0.6) is 5.75 Å². The van der Waals surface area contributed by atoms with Gasteiger partial charge in [-0.05, 0) is 49.4 Å². The molecule has 0 bridgehead atoms. The largest absolute Gasteiger partial charge is 0.493 e. The number of likely N-dealkylation sites (tertiary alicyclic amines) is 1. The van der Waals surface area contributed by atoms with Gasteiger partial charge in [-0.15, -0.1) is 4.99 Å². The zero-order valence-corrected chi connectivity index (χ0v) is 22.1. The first kappa shape index (κ1) is 28.2. The lowest BCUT2D eigenvalue weighted by atomic mass is 9.97. The average Bonchev–Trinajstić information content (AvgIpc) is 2.86. The zero-order valence-electron chi connectivity index (χ0n) is 20.6.